The number of hydrogen-bond acceptors (Lipinski definition) is 4. The summed E-state index contributed by atoms with van der Waals surface area (Å²) >= 11 is 0. The van der Waals surface area contributed by atoms with E-state index in [0.29, 0.717) is 28.3 Å². The second kappa shape index (κ2) is 10.1. The van der Waals surface area contributed by atoms with Gasteiger partial charge in [0, 0.05) is 18.2 Å². The molecule has 4 aromatic carbocycles. The summed E-state index contributed by atoms with van der Waals surface area (Å²) in [7, 11) is 3.06. The Bertz CT molecular complexity index is 1380. The van der Waals surface area contributed by atoms with E-state index in [1.165, 1.54) is 18.1 Å². The quantitative estimate of drug-likeness (QED) is 0.371. The van der Waals surface area contributed by atoms with Gasteiger partial charge in [-0.1, -0.05) is 60.2 Å². The third kappa shape index (κ3) is 5.01. The van der Waals surface area contributed by atoms with Crippen LogP contribution >= 0.6 is 0 Å². The van der Waals surface area contributed by atoms with E-state index in [-0.39, 0.29) is 17.6 Å². The van der Waals surface area contributed by atoms with Crippen LogP contribution in [0.5, 0.6) is 11.5 Å². The Kier molecular flexibility index (Phi) is 6.83. The molecular formula is C29H26N2O4. The fourth-order valence-corrected chi connectivity index (χ4v) is 3.83. The van der Waals surface area contributed by atoms with Gasteiger partial charge in [-0.2, -0.15) is 0 Å². The lowest BCUT2D eigenvalue weighted by Crippen LogP contribution is -2.26. The van der Waals surface area contributed by atoms with Crippen LogP contribution in [0.15, 0.2) is 91.0 Å². The maximum Gasteiger partial charge on any atom is 0.258 e. The normalized spacial score (nSPS) is 10.5. The minimum absolute atomic E-state index is 0.00596. The van der Waals surface area contributed by atoms with Crippen LogP contribution in [0, 0.1) is 6.92 Å². The van der Waals surface area contributed by atoms with Crippen molar-refractivity contribution in [3.63, 3.8) is 0 Å². The van der Waals surface area contributed by atoms with Gasteiger partial charge in [-0.05, 0) is 54.4 Å². The summed E-state index contributed by atoms with van der Waals surface area (Å²) in [4.78, 5) is 27.6. The molecule has 0 saturated carbocycles. The maximum absolute atomic E-state index is 13.2. The molecule has 2 N–H and O–H groups in total. The number of para-hydroxylation sites is 2. The molecule has 0 unspecified atom stereocenters. The number of nitrogens with zero attached hydrogens (tertiary/aromatic N) is 1. The number of nitrogens with one attached hydrogen (secondary N) is 1. The largest absolute Gasteiger partial charge is 0.506 e. The number of methoxy groups -OCH3 is 1. The van der Waals surface area contributed by atoms with Crippen LogP contribution in [0.4, 0.5) is 11.4 Å². The topological polar surface area (TPSA) is 78.9 Å². The zero-order valence-electron chi connectivity index (χ0n) is 19.8. The first kappa shape index (κ1) is 23.6. The molecule has 0 aliphatic carbocycles. The molecule has 2 amide bonds. The number of aryl methyl sites for hydroxylation is 1. The Morgan fingerprint density at radius 3 is 2.29 bits per heavy atom. The average molecular weight is 467 g/mol. The standard InChI is InChI=1S/C29H26N2O4/c1-19-12-14-20(15-13-19)22-8-4-5-9-23(22)28(33)30-24-17-16-21(18-27(24)35-3)29(34)31(2)25-10-6-7-11-26(25)32/h4-18,32H,1-3H3,(H,30,33). The number of ether oxygens (including phenoxy) is 1. The molecular weight excluding hydrogens is 440 g/mol. The van der Waals surface area contributed by atoms with Crippen LogP contribution in [0.2, 0.25) is 0 Å². The lowest BCUT2D eigenvalue weighted by atomic mass is 9.98. The second-order valence-corrected chi connectivity index (χ2v) is 8.13. The number of rotatable bonds is 6. The van der Waals surface area contributed by atoms with Gasteiger partial charge in [0.25, 0.3) is 11.8 Å². The monoisotopic (exact) mass is 466 g/mol. The molecule has 35 heavy (non-hydrogen) atoms. The van der Waals surface area contributed by atoms with Crippen LogP contribution in [-0.4, -0.2) is 31.1 Å². The highest BCUT2D eigenvalue weighted by Crippen LogP contribution is 2.31. The molecule has 0 saturated heterocycles. The molecule has 0 heterocycles. The molecule has 0 spiro atoms. The molecule has 0 aliphatic heterocycles. The fraction of sp³-hybridized carbons (Fsp3) is 0.103. The summed E-state index contributed by atoms with van der Waals surface area (Å²) in [5.74, 6) is -0.258. The number of phenols is 1. The smallest absolute Gasteiger partial charge is 0.258 e. The van der Waals surface area contributed by atoms with Gasteiger partial charge in [0.05, 0.1) is 18.5 Å². The Morgan fingerprint density at radius 2 is 1.57 bits per heavy atom. The summed E-state index contributed by atoms with van der Waals surface area (Å²) in [5, 5.41) is 13.0. The molecule has 0 bridgehead atoms. The number of anilines is 2. The van der Waals surface area contributed by atoms with Crippen molar-refractivity contribution >= 4 is 23.2 Å². The van der Waals surface area contributed by atoms with Gasteiger partial charge in [0.1, 0.15) is 11.5 Å². The highest BCUT2D eigenvalue weighted by Gasteiger charge is 2.19. The van der Waals surface area contributed by atoms with E-state index in [2.05, 4.69) is 5.32 Å². The maximum atomic E-state index is 13.2. The molecule has 0 aromatic heterocycles. The minimum atomic E-state index is -0.326. The molecule has 176 valence electrons. The van der Waals surface area contributed by atoms with Crippen LogP contribution in [0.25, 0.3) is 11.1 Å². The number of amides is 2. The summed E-state index contributed by atoms with van der Waals surface area (Å²) in [6, 6.07) is 26.8. The third-order valence-corrected chi connectivity index (χ3v) is 5.78. The number of hydrogen-bond donors (Lipinski definition) is 2. The van der Waals surface area contributed by atoms with Crippen molar-refractivity contribution in [3.05, 3.63) is 108 Å². The van der Waals surface area contributed by atoms with E-state index >= 15 is 0 Å². The second-order valence-electron chi connectivity index (χ2n) is 8.13. The summed E-state index contributed by atoms with van der Waals surface area (Å²) < 4.78 is 5.48. The Hall–Kier alpha value is -4.58. The number of carbonyl (C=O) groups is 2. The molecule has 0 atom stereocenters. The number of aromatic hydroxyl groups is 1. The van der Waals surface area contributed by atoms with Gasteiger partial charge in [0.15, 0.2) is 0 Å². The van der Waals surface area contributed by atoms with Gasteiger partial charge < -0.3 is 20.1 Å². The first-order chi connectivity index (χ1) is 16.9. The van der Waals surface area contributed by atoms with Crippen molar-refractivity contribution in [2.24, 2.45) is 0 Å². The van der Waals surface area contributed by atoms with Crippen molar-refractivity contribution < 1.29 is 19.4 Å². The van der Waals surface area contributed by atoms with Gasteiger partial charge in [0.2, 0.25) is 0 Å². The van der Waals surface area contributed by atoms with Crippen LogP contribution < -0.4 is 15.0 Å². The first-order valence-electron chi connectivity index (χ1n) is 11.1. The zero-order valence-corrected chi connectivity index (χ0v) is 19.8. The molecule has 6 nitrogen and oxygen atoms in total. The summed E-state index contributed by atoms with van der Waals surface area (Å²) in [6.07, 6.45) is 0. The molecule has 0 aliphatic rings. The van der Waals surface area contributed by atoms with Crippen molar-refractivity contribution in [3.8, 4) is 22.6 Å². The van der Waals surface area contributed by atoms with Crippen LogP contribution in [0.1, 0.15) is 26.3 Å². The van der Waals surface area contributed by atoms with Gasteiger partial charge in [-0.15, -0.1) is 0 Å². The Balaban J connectivity index is 1.59. The highest BCUT2D eigenvalue weighted by molar-refractivity contribution is 6.10. The molecule has 4 aromatic rings. The Labute approximate surface area is 204 Å². The van der Waals surface area contributed by atoms with Crippen LogP contribution in [0.3, 0.4) is 0 Å². The van der Waals surface area contributed by atoms with Crippen molar-refractivity contribution in [1.29, 1.82) is 0 Å². The minimum Gasteiger partial charge on any atom is -0.506 e. The number of phenolic OH excluding ortho intramolecular Hbond substituents is 1. The first-order valence-corrected chi connectivity index (χ1v) is 11.1. The van der Waals surface area contributed by atoms with Crippen LogP contribution in [-0.2, 0) is 0 Å². The zero-order chi connectivity index (χ0) is 24.9. The van der Waals surface area contributed by atoms with Gasteiger partial charge >= 0.3 is 0 Å². The van der Waals surface area contributed by atoms with E-state index in [9.17, 15) is 14.7 Å². The molecule has 0 radical (unpaired) electrons. The lowest BCUT2D eigenvalue weighted by Gasteiger charge is -2.19. The third-order valence-electron chi connectivity index (χ3n) is 5.78. The number of carbonyl (C=O) groups excluding carboxylic acids is 2. The fourth-order valence-electron chi connectivity index (χ4n) is 3.83. The average Bonchev–Trinajstić information content (AvgIpc) is 2.89. The lowest BCUT2D eigenvalue weighted by molar-refractivity contribution is 0.0990. The van der Waals surface area contributed by atoms with Crippen molar-refractivity contribution in [1.82, 2.24) is 0 Å². The molecule has 4 rings (SSSR count). The van der Waals surface area contributed by atoms with Crippen molar-refractivity contribution in [2.45, 2.75) is 6.92 Å². The van der Waals surface area contributed by atoms with Gasteiger partial charge in [-0.3, -0.25) is 9.59 Å². The van der Waals surface area contributed by atoms with E-state index < -0.39 is 0 Å². The predicted octanol–water partition coefficient (Wildman–Crippen LogP) is 5.91. The van der Waals surface area contributed by atoms with Crippen molar-refractivity contribution in [2.75, 3.05) is 24.4 Å². The Morgan fingerprint density at radius 1 is 0.886 bits per heavy atom. The van der Waals surface area contributed by atoms with Gasteiger partial charge in [-0.25, -0.2) is 0 Å². The van der Waals surface area contributed by atoms with E-state index in [1.807, 2.05) is 49.4 Å². The molecule has 0 fully saturated rings. The van der Waals surface area contributed by atoms with E-state index in [4.69, 9.17) is 4.74 Å². The highest BCUT2D eigenvalue weighted by atomic mass is 16.5. The summed E-state index contributed by atoms with van der Waals surface area (Å²) in [5.41, 5.74) is 4.62. The number of benzene rings is 4. The SMILES string of the molecule is COc1cc(C(=O)N(C)c2ccccc2O)ccc1NC(=O)c1ccccc1-c1ccc(C)cc1. The van der Waals surface area contributed by atoms with E-state index in [0.717, 1.165) is 16.7 Å². The summed E-state index contributed by atoms with van der Waals surface area (Å²) in [6.45, 7) is 2.02. The predicted molar refractivity (Wildman–Crippen MR) is 138 cm³/mol. The van der Waals surface area contributed by atoms with E-state index in [1.54, 1.807) is 49.5 Å². The molecule has 6 heteroatoms.